The fraction of sp³-hybridized carbons (Fsp3) is 0.667. The van der Waals surface area contributed by atoms with Gasteiger partial charge in [0.1, 0.15) is 12.1 Å². The summed E-state index contributed by atoms with van der Waals surface area (Å²) < 4.78 is 4.89. The number of carbonyl (C=O) groups is 3. The van der Waals surface area contributed by atoms with Gasteiger partial charge in [0.15, 0.2) is 0 Å². The minimum atomic E-state index is -1.14. The van der Waals surface area contributed by atoms with Gasteiger partial charge in [-0.2, -0.15) is 0 Å². The number of aliphatic carboxylic acids is 1. The molecule has 0 heterocycles. The van der Waals surface area contributed by atoms with Crippen LogP contribution in [0.15, 0.2) is 0 Å². The lowest BCUT2D eigenvalue weighted by atomic mass is 10.1. The van der Waals surface area contributed by atoms with Crippen LogP contribution in [0.2, 0.25) is 0 Å². The van der Waals surface area contributed by atoms with Gasteiger partial charge in [0.25, 0.3) is 5.91 Å². The number of carbonyl (C=O) groups excluding carboxylic acids is 2. The molecule has 0 aliphatic rings. The molecule has 0 aromatic heterocycles. The highest BCUT2D eigenvalue weighted by atomic mass is 16.5. The molecule has 3 N–H and O–H groups in total. The van der Waals surface area contributed by atoms with Crippen molar-refractivity contribution in [3.63, 3.8) is 0 Å². The third-order valence-electron chi connectivity index (χ3n) is 1.90. The molecular weight excluding hydrogens is 216 g/mol. The summed E-state index contributed by atoms with van der Waals surface area (Å²) in [5.74, 6) is -2.15. The van der Waals surface area contributed by atoms with Crippen LogP contribution in [0.3, 0.4) is 0 Å². The minimum Gasteiger partial charge on any atom is -0.480 e. The van der Waals surface area contributed by atoms with E-state index in [9.17, 15) is 14.4 Å². The molecule has 16 heavy (non-hydrogen) atoms. The van der Waals surface area contributed by atoms with Crippen LogP contribution in [0.5, 0.6) is 0 Å². The fourth-order valence-electron chi connectivity index (χ4n) is 0.703. The Morgan fingerprint density at radius 2 is 1.75 bits per heavy atom. The highest BCUT2D eigenvalue weighted by molar-refractivity contribution is 5.89. The highest BCUT2D eigenvalue weighted by Crippen LogP contribution is 2.06. The highest BCUT2D eigenvalue weighted by Gasteiger charge is 2.26. The van der Waals surface area contributed by atoms with Gasteiger partial charge in [-0.05, 0) is 13.8 Å². The van der Waals surface area contributed by atoms with E-state index in [4.69, 9.17) is 9.84 Å². The molecule has 0 unspecified atom stereocenters. The Morgan fingerprint density at radius 3 is 2.19 bits per heavy atom. The molecule has 0 aromatic carbocycles. The Morgan fingerprint density at radius 1 is 1.19 bits per heavy atom. The van der Waals surface area contributed by atoms with Crippen LogP contribution in [-0.4, -0.2) is 48.7 Å². The van der Waals surface area contributed by atoms with Crippen LogP contribution in [0, 0.1) is 0 Å². The molecule has 0 saturated carbocycles. The van der Waals surface area contributed by atoms with E-state index in [1.807, 2.05) is 0 Å². The summed E-state index contributed by atoms with van der Waals surface area (Å²) in [4.78, 5) is 32.6. The van der Waals surface area contributed by atoms with Crippen molar-refractivity contribution in [1.29, 1.82) is 0 Å². The Bertz CT molecular complexity index is 288. The van der Waals surface area contributed by atoms with Gasteiger partial charge >= 0.3 is 5.97 Å². The monoisotopic (exact) mass is 232 g/mol. The standard InChI is InChI=1S/C9H16N2O5/c1-9(2,16-3)8(15)11-4-6(12)10-5-7(13)14/h4-5H2,1-3H3,(H,10,12)(H,11,15)(H,13,14). The molecule has 0 aromatic rings. The van der Waals surface area contributed by atoms with E-state index >= 15 is 0 Å². The van der Waals surface area contributed by atoms with Crippen LogP contribution in [0.4, 0.5) is 0 Å². The first-order chi connectivity index (χ1) is 7.29. The van der Waals surface area contributed by atoms with Crippen LogP contribution < -0.4 is 10.6 Å². The summed E-state index contributed by atoms with van der Waals surface area (Å²) in [5.41, 5.74) is -1.02. The quantitative estimate of drug-likeness (QED) is 0.529. The summed E-state index contributed by atoms with van der Waals surface area (Å²) in [5, 5.41) is 12.7. The third-order valence-corrected chi connectivity index (χ3v) is 1.90. The van der Waals surface area contributed by atoms with Gasteiger partial charge in [-0.1, -0.05) is 0 Å². The predicted molar refractivity (Wildman–Crippen MR) is 54.7 cm³/mol. The molecule has 0 radical (unpaired) electrons. The molecule has 0 bridgehead atoms. The number of nitrogens with one attached hydrogen (secondary N) is 2. The first kappa shape index (κ1) is 14.4. The summed E-state index contributed by atoms with van der Waals surface area (Å²) in [6.07, 6.45) is 0. The maximum atomic E-state index is 11.4. The average molecular weight is 232 g/mol. The zero-order chi connectivity index (χ0) is 12.8. The van der Waals surface area contributed by atoms with Crippen molar-refractivity contribution in [3.05, 3.63) is 0 Å². The second kappa shape index (κ2) is 6.06. The Labute approximate surface area is 93.2 Å². The molecule has 92 valence electrons. The fourth-order valence-corrected chi connectivity index (χ4v) is 0.703. The lowest BCUT2D eigenvalue weighted by Gasteiger charge is -2.21. The van der Waals surface area contributed by atoms with E-state index in [-0.39, 0.29) is 6.54 Å². The summed E-state index contributed by atoms with van der Waals surface area (Å²) in [6.45, 7) is 2.36. The second-order valence-corrected chi connectivity index (χ2v) is 3.57. The zero-order valence-corrected chi connectivity index (χ0v) is 9.49. The van der Waals surface area contributed by atoms with Gasteiger partial charge in [0, 0.05) is 7.11 Å². The molecule has 0 aliphatic carbocycles. The SMILES string of the molecule is COC(C)(C)C(=O)NCC(=O)NCC(=O)O. The van der Waals surface area contributed by atoms with Crippen molar-refractivity contribution in [2.24, 2.45) is 0 Å². The van der Waals surface area contributed by atoms with Gasteiger partial charge in [0.05, 0.1) is 6.54 Å². The number of methoxy groups -OCH3 is 1. The minimum absolute atomic E-state index is 0.279. The van der Waals surface area contributed by atoms with Gasteiger partial charge < -0.3 is 20.5 Å². The van der Waals surface area contributed by atoms with Gasteiger partial charge in [0.2, 0.25) is 5.91 Å². The van der Waals surface area contributed by atoms with E-state index < -0.39 is 29.9 Å². The average Bonchev–Trinajstić information content (AvgIpc) is 2.22. The van der Waals surface area contributed by atoms with Crippen LogP contribution in [0.1, 0.15) is 13.8 Å². The van der Waals surface area contributed by atoms with E-state index in [1.54, 1.807) is 13.8 Å². The third kappa shape index (κ3) is 5.30. The first-order valence-corrected chi connectivity index (χ1v) is 4.61. The maximum absolute atomic E-state index is 11.4. The summed E-state index contributed by atoms with van der Waals surface area (Å²) in [7, 11) is 1.38. The number of carboxylic acid groups (broad SMARTS) is 1. The number of hydrogen-bond donors (Lipinski definition) is 3. The van der Waals surface area contributed by atoms with E-state index in [1.165, 1.54) is 7.11 Å². The molecule has 0 spiro atoms. The van der Waals surface area contributed by atoms with E-state index in [0.717, 1.165) is 0 Å². The van der Waals surface area contributed by atoms with Crippen molar-refractivity contribution in [2.45, 2.75) is 19.4 Å². The number of rotatable bonds is 6. The zero-order valence-electron chi connectivity index (χ0n) is 9.49. The van der Waals surface area contributed by atoms with E-state index in [2.05, 4.69) is 10.6 Å². The Kier molecular flexibility index (Phi) is 5.44. The van der Waals surface area contributed by atoms with Crippen LogP contribution >= 0.6 is 0 Å². The van der Waals surface area contributed by atoms with Crippen molar-refractivity contribution >= 4 is 17.8 Å². The Hall–Kier alpha value is -1.63. The Balaban J connectivity index is 3.93. The lowest BCUT2D eigenvalue weighted by molar-refractivity contribution is -0.141. The molecule has 0 fully saturated rings. The normalized spacial score (nSPS) is 10.7. The summed E-state index contributed by atoms with van der Waals surface area (Å²) in [6, 6.07) is 0. The molecule has 0 atom stereocenters. The predicted octanol–water partition coefficient (Wildman–Crippen LogP) is -1.27. The molecule has 2 amide bonds. The molecule has 0 saturated heterocycles. The number of amides is 2. The van der Waals surface area contributed by atoms with Crippen molar-refractivity contribution in [1.82, 2.24) is 10.6 Å². The molecule has 7 heteroatoms. The topological polar surface area (TPSA) is 105 Å². The number of hydrogen-bond acceptors (Lipinski definition) is 4. The first-order valence-electron chi connectivity index (χ1n) is 4.61. The van der Waals surface area contributed by atoms with Crippen molar-refractivity contribution in [2.75, 3.05) is 20.2 Å². The van der Waals surface area contributed by atoms with Crippen LogP contribution in [0.25, 0.3) is 0 Å². The van der Waals surface area contributed by atoms with Crippen LogP contribution in [-0.2, 0) is 19.1 Å². The molecule has 7 nitrogen and oxygen atoms in total. The molecule has 0 rings (SSSR count). The smallest absolute Gasteiger partial charge is 0.322 e. The second-order valence-electron chi connectivity index (χ2n) is 3.57. The largest absolute Gasteiger partial charge is 0.480 e. The number of carboxylic acids is 1. The molecule has 0 aliphatic heterocycles. The van der Waals surface area contributed by atoms with Gasteiger partial charge in [-0.3, -0.25) is 14.4 Å². The van der Waals surface area contributed by atoms with Crippen molar-refractivity contribution in [3.8, 4) is 0 Å². The van der Waals surface area contributed by atoms with Crippen molar-refractivity contribution < 1.29 is 24.2 Å². The van der Waals surface area contributed by atoms with Gasteiger partial charge in [-0.25, -0.2) is 0 Å². The lowest BCUT2D eigenvalue weighted by Crippen LogP contribution is -2.47. The maximum Gasteiger partial charge on any atom is 0.322 e. The summed E-state index contributed by atoms with van der Waals surface area (Å²) >= 11 is 0. The van der Waals surface area contributed by atoms with Gasteiger partial charge in [-0.15, -0.1) is 0 Å². The van der Waals surface area contributed by atoms with E-state index in [0.29, 0.717) is 0 Å². The molecular formula is C9H16N2O5. The number of ether oxygens (including phenoxy) is 1.